The predicted molar refractivity (Wildman–Crippen MR) is 89.5 cm³/mol. The number of aliphatic imine (C=N–C) groups is 1. The van der Waals surface area contributed by atoms with Gasteiger partial charge in [0.05, 0.1) is 24.6 Å². The van der Waals surface area contributed by atoms with Crippen LogP contribution in [0.3, 0.4) is 0 Å². The number of carbonyl (C=O) groups is 1. The lowest BCUT2D eigenvalue weighted by Gasteiger charge is -2.25. The van der Waals surface area contributed by atoms with Crippen LogP contribution in [-0.4, -0.2) is 33.5 Å². The highest BCUT2D eigenvalue weighted by molar-refractivity contribution is 6.31. The summed E-state index contributed by atoms with van der Waals surface area (Å²) in [6, 6.07) is 3.17. The van der Waals surface area contributed by atoms with Crippen molar-refractivity contribution in [1.82, 2.24) is 20.3 Å². The minimum absolute atomic E-state index is 0.165. The first kappa shape index (κ1) is 17.1. The first-order valence-corrected chi connectivity index (χ1v) is 7.93. The van der Waals surface area contributed by atoms with E-state index in [2.05, 4.69) is 20.5 Å². The van der Waals surface area contributed by atoms with Crippen LogP contribution in [-0.2, 0) is 9.53 Å². The molecule has 0 fully saturated rings. The van der Waals surface area contributed by atoms with Crippen molar-refractivity contribution in [1.29, 1.82) is 0 Å². The van der Waals surface area contributed by atoms with Crippen LogP contribution in [0.1, 0.15) is 25.5 Å². The van der Waals surface area contributed by atoms with Crippen molar-refractivity contribution in [3.8, 4) is 0 Å². The number of aromatic nitrogens is 3. The van der Waals surface area contributed by atoms with Gasteiger partial charge < -0.3 is 10.1 Å². The molecule has 1 atom stereocenters. The molecule has 0 spiro atoms. The van der Waals surface area contributed by atoms with Gasteiger partial charge in [0.1, 0.15) is 11.9 Å². The van der Waals surface area contributed by atoms with Gasteiger partial charge in [0.2, 0.25) is 5.96 Å². The van der Waals surface area contributed by atoms with Crippen LogP contribution in [0.15, 0.2) is 46.9 Å². The van der Waals surface area contributed by atoms with Crippen LogP contribution < -0.4 is 5.32 Å². The maximum absolute atomic E-state index is 13.4. The average molecular weight is 364 g/mol. The second-order valence-corrected chi connectivity index (χ2v) is 5.63. The minimum atomic E-state index is -0.769. The zero-order valence-corrected chi connectivity index (χ0v) is 14.3. The molecule has 0 radical (unpaired) electrons. The summed E-state index contributed by atoms with van der Waals surface area (Å²) in [7, 11) is 0. The number of nitrogens with one attached hydrogen (secondary N) is 1. The van der Waals surface area contributed by atoms with Crippen LogP contribution in [0.4, 0.5) is 4.39 Å². The number of esters is 1. The van der Waals surface area contributed by atoms with Crippen LogP contribution in [0.5, 0.6) is 0 Å². The molecule has 1 aromatic heterocycles. The van der Waals surface area contributed by atoms with Crippen molar-refractivity contribution in [2.24, 2.45) is 4.99 Å². The smallest absolute Gasteiger partial charge is 0.338 e. The molecule has 0 unspecified atom stereocenters. The van der Waals surface area contributed by atoms with Crippen molar-refractivity contribution in [2.75, 3.05) is 6.61 Å². The van der Waals surface area contributed by atoms with Gasteiger partial charge in [0, 0.05) is 16.3 Å². The van der Waals surface area contributed by atoms with E-state index in [9.17, 15) is 9.18 Å². The normalized spacial score (nSPS) is 17.1. The molecule has 1 aliphatic rings. The summed E-state index contributed by atoms with van der Waals surface area (Å²) in [6.07, 6.45) is 3.01. The molecule has 1 N–H and O–H groups in total. The molecule has 0 amide bonds. The van der Waals surface area contributed by atoms with E-state index in [4.69, 9.17) is 16.3 Å². The molecule has 25 heavy (non-hydrogen) atoms. The zero-order valence-electron chi connectivity index (χ0n) is 13.5. The molecule has 7 nitrogen and oxygen atoms in total. The van der Waals surface area contributed by atoms with E-state index in [-0.39, 0.29) is 11.6 Å². The van der Waals surface area contributed by atoms with Gasteiger partial charge in [-0.15, -0.1) is 4.80 Å². The molecule has 3 rings (SSSR count). The van der Waals surface area contributed by atoms with Crippen molar-refractivity contribution in [3.05, 3.63) is 58.3 Å². The van der Waals surface area contributed by atoms with Gasteiger partial charge in [-0.3, -0.25) is 0 Å². The van der Waals surface area contributed by atoms with Crippen LogP contribution >= 0.6 is 11.6 Å². The van der Waals surface area contributed by atoms with Crippen molar-refractivity contribution >= 4 is 23.5 Å². The Morgan fingerprint density at radius 2 is 2.12 bits per heavy atom. The number of halogens is 2. The lowest BCUT2D eigenvalue weighted by molar-refractivity contribution is -0.138. The molecular weight excluding hydrogens is 349 g/mol. The van der Waals surface area contributed by atoms with E-state index in [1.807, 2.05) is 0 Å². The number of ether oxygens (including phenoxy) is 1. The first-order chi connectivity index (χ1) is 12.0. The minimum Gasteiger partial charge on any atom is -0.463 e. The van der Waals surface area contributed by atoms with Crippen LogP contribution in [0.25, 0.3) is 0 Å². The lowest BCUT2D eigenvalue weighted by Crippen LogP contribution is -2.37. The Morgan fingerprint density at radius 1 is 1.40 bits per heavy atom. The Balaban J connectivity index is 2.11. The van der Waals surface area contributed by atoms with Crippen molar-refractivity contribution in [2.45, 2.75) is 19.9 Å². The molecule has 2 aromatic rings. The standard InChI is InChI=1S/C16H15ClFN5O2/c1-3-25-15(24)13-9(2)21-16(23-19-6-7-20-23)22-14(13)11-5-4-10(18)8-12(11)17/h4-8,14H,3H2,1-2H3,(H,21,22)/t14-/m0/s1. The summed E-state index contributed by atoms with van der Waals surface area (Å²) in [5.74, 6) is -0.672. The molecular formula is C16H15ClFN5O2. The quantitative estimate of drug-likeness (QED) is 0.847. The van der Waals surface area contributed by atoms with Gasteiger partial charge in [-0.1, -0.05) is 17.7 Å². The maximum Gasteiger partial charge on any atom is 0.338 e. The fourth-order valence-electron chi connectivity index (χ4n) is 2.51. The third-order valence-electron chi connectivity index (χ3n) is 3.59. The summed E-state index contributed by atoms with van der Waals surface area (Å²) < 4.78 is 18.5. The monoisotopic (exact) mass is 363 g/mol. The second-order valence-electron chi connectivity index (χ2n) is 5.22. The Hall–Kier alpha value is -2.74. The summed E-state index contributed by atoms with van der Waals surface area (Å²) >= 11 is 6.19. The highest BCUT2D eigenvalue weighted by atomic mass is 35.5. The Kier molecular flexibility index (Phi) is 4.80. The lowest BCUT2D eigenvalue weighted by atomic mass is 9.96. The maximum atomic E-state index is 13.4. The van der Waals surface area contributed by atoms with E-state index in [0.29, 0.717) is 22.8 Å². The predicted octanol–water partition coefficient (Wildman–Crippen LogP) is 2.46. The van der Waals surface area contributed by atoms with Gasteiger partial charge in [-0.25, -0.2) is 14.2 Å². The second kappa shape index (κ2) is 7.02. The molecule has 0 bridgehead atoms. The average Bonchev–Trinajstić information content (AvgIpc) is 3.08. The fraction of sp³-hybridized carbons (Fsp3) is 0.250. The van der Waals surface area contributed by atoms with E-state index >= 15 is 0 Å². The molecule has 0 aliphatic carbocycles. The number of hydrogen-bond donors (Lipinski definition) is 1. The number of allylic oxidation sites excluding steroid dienone is 1. The number of nitrogens with zero attached hydrogens (tertiary/aromatic N) is 4. The topological polar surface area (TPSA) is 81.4 Å². The number of benzene rings is 1. The Labute approximate surface area is 148 Å². The SMILES string of the molecule is CCOC(=O)C1=C(C)NC(n2nccn2)=N[C@H]1c1ccc(F)cc1Cl. The molecule has 2 heterocycles. The van der Waals surface area contributed by atoms with Crippen LogP contribution in [0, 0.1) is 5.82 Å². The highest BCUT2D eigenvalue weighted by Gasteiger charge is 2.32. The Bertz CT molecular complexity index is 863. The van der Waals surface area contributed by atoms with E-state index in [1.54, 1.807) is 13.8 Å². The summed E-state index contributed by atoms with van der Waals surface area (Å²) in [4.78, 5) is 18.2. The number of hydrogen-bond acceptors (Lipinski definition) is 6. The van der Waals surface area contributed by atoms with Gasteiger partial charge >= 0.3 is 5.97 Å². The van der Waals surface area contributed by atoms with E-state index in [0.717, 1.165) is 0 Å². The van der Waals surface area contributed by atoms with E-state index in [1.165, 1.54) is 35.4 Å². The Morgan fingerprint density at radius 3 is 2.76 bits per heavy atom. The number of rotatable bonds is 3. The summed E-state index contributed by atoms with van der Waals surface area (Å²) in [6.45, 7) is 3.65. The number of carbonyl (C=O) groups excluding carboxylic acids is 1. The highest BCUT2D eigenvalue weighted by Crippen LogP contribution is 2.35. The molecule has 0 saturated heterocycles. The molecule has 9 heteroatoms. The first-order valence-electron chi connectivity index (χ1n) is 7.55. The third-order valence-corrected chi connectivity index (χ3v) is 3.92. The van der Waals surface area contributed by atoms with Gasteiger partial charge in [0.15, 0.2) is 0 Å². The largest absolute Gasteiger partial charge is 0.463 e. The summed E-state index contributed by atoms with van der Waals surface area (Å²) in [5, 5.41) is 11.2. The molecule has 1 aliphatic heterocycles. The van der Waals surface area contributed by atoms with Gasteiger partial charge in [-0.05, 0) is 26.0 Å². The molecule has 0 saturated carbocycles. The molecule has 130 valence electrons. The third kappa shape index (κ3) is 3.39. The van der Waals surface area contributed by atoms with Crippen molar-refractivity contribution < 1.29 is 13.9 Å². The fourth-order valence-corrected chi connectivity index (χ4v) is 2.78. The van der Waals surface area contributed by atoms with Gasteiger partial charge in [0.25, 0.3) is 0 Å². The molecule has 1 aromatic carbocycles. The van der Waals surface area contributed by atoms with E-state index < -0.39 is 17.8 Å². The van der Waals surface area contributed by atoms with Gasteiger partial charge in [-0.2, -0.15) is 10.2 Å². The zero-order chi connectivity index (χ0) is 18.0. The van der Waals surface area contributed by atoms with Crippen LogP contribution in [0.2, 0.25) is 5.02 Å². The van der Waals surface area contributed by atoms with Crippen molar-refractivity contribution in [3.63, 3.8) is 0 Å². The summed E-state index contributed by atoms with van der Waals surface area (Å²) in [5.41, 5.74) is 1.31.